The number of anilines is 1. The second kappa shape index (κ2) is 12.9. The Kier molecular flexibility index (Phi) is 9.92. The number of rotatable bonds is 8. The maximum Gasteiger partial charge on any atom is 0.143 e. The highest BCUT2D eigenvalue weighted by atomic mass is 32.2. The summed E-state index contributed by atoms with van der Waals surface area (Å²) in [5.41, 5.74) is 8.11. The van der Waals surface area contributed by atoms with Crippen LogP contribution in [-0.4, -0.2) is 35.2 Å². The third-order valence-electron chi connectivity index (χ3n) is 4.11. The second-order valence-corrected chi connectivity index (χ2v) is 7.06. The van der Waals surface area contributed by atoms with Crippen molar-refractivity contribution < 1.29 is 4.74 Å². The van der Waals surface area contributed by atoms with E-state index in [1.807, 2.05) is 39.1 Å². The number of nitriles is 2. The Morgan fingerprint density at radius 1 is 1.09 bits per heavy atom. The van der Waals surface area contributed by atoms with Gasteiger partial charge in [-0.25, -0.2) is 4.98 Å². The number of thioether (sulfide) groups is 1. The van der Waals surface area contributed by atoms with Gasteiger partial charge in [-0.2, -0.15) is 10.5 Å². The minimum absolute atomic E-state index is 0.0613. The Hall–Kier alpha value is -3.66. The number of ether oxygens (including phenoxy) is 1. The van der Waals surface area contributed by atoms with E-state index in [0.717, 1.165) is 5.69 Å². The molecule has 0 atom stereocenters. The van der Waals surface area contributed by atoms with Gasteiger partial charge in [-0.15, -0.1) is 0 Å². The average Bonchev–Trinajstić information content (AvgIpc) is 2.85. The van der Waals surface area contributed by atoms with E-state index in [-0.39, 0.29) is 16.9 Å². The van der Waals surface area contributed by atoms with E-state index >= 15 is 0 Å². The molecule has 32 heavy (non-hydrogen) atoms. The molecule has 0 aromatic carbocycles. The molecule has 0 saturated heterocycles. The molecule has 0 saturated carbocycles. The zero-order valence-electron chi connectivity index (χ0n) is 18.3. The molecule has 0 unspecified atom stereocenters. The van der Waals surface area contributed by atoms with Crippen molar-refractivity contribution in [3.8, 4) is 29.1 Å². The third kappa shape index (κ3) is 6.17. The molecule has 3 aromatic heterocycles. The summed E-state index contributed by atoms with van der Waals surface area (Å²) in [5.74, 6) is 1.17. The van der Waals surface area contributed by atoms with Gasteiger partial charge >= 0.3 is 0 Å². The van der Waals surface area contributed by atoms with Crippen LogP contribution in [0.3, 0.4) is 0 Å². The van der Waals surface area contributed by atoms with Gasteiger partial charge in [0.25, 0.3) is 0 Å². The lowest BCUT2D eigenvalue weighted by Crippen LogP contribution is -2.15. The van der Waals surface area contributed by atoms with Gasteiger partial charge in [-0.3, -0.25) is 9.97 Å². The van der Waals surface area contributed by atoms with Gasteiger partial charge in [0.1, 0.15) is 40.9 Å². The minimum atomic E-state index is 0.0613. The second-order valence-electron chi connectivity index (χ2n) is 6.09. The van der Waals surface area contributed by atoms with Crippen LogP contribution in [0.5, 0.6) is 5.75 Å². The van der Waals surface area contributed by atoms with E-state index in [0.29, 0.717) is 40.9 Å². The van der Waals surface area contributed by atoms with Gasteiger partial charge in [0.2, 0.25) is 0 Å². The highest BCUT2D eigenvalue weighted by molar-refractivity contribution is 7.98. The first-order valence-electron chi connectivity index (χ1n) is 10.1. The molecule has 0 aliphatic carbocycles. The summed E-state index contributed by atoms with van der Waals surface area (Å²) >= 11 is 1.34. The lowest BCUT2D eigenvalue weighted by molar-refractivity contribution is 0.317. The Morgan fingerprint density at radius 2 is 1.88 bits per heavy atom. The highest BCUT2D eigenvalue weighted by Gasteiger charge is 2.21. The van der Waals surface area contributed by atoms with Gasteiger partial charge in [-0.05, 0) is 31.3 Å². The van der Waals surface area contributed by atoms with Crippen LogP contribution in [0.1, 0.15) is 30.7 Å². The number of hydrogen-bond donors (Lipinski definition) is 2. The van der Waals surface area contributed by atoms with E-state index in [4.69, 9.17) is 10.5 Å². The quantitative estimate of drug-likeness (QED) is 0.391. The smallest absolute Gasteiger partial charge is 0.143 e. The van der Waals surface area contributed by atoms with Gasteiger partial charge < -0.3 is 15.8 Å². The molecule has 0 radical (unpaired) electrons. The number of hydrogen-bond acceptors (Lipinski definition) is 9. The molecule has 0 bridgehead atoms. The maximum absolute atomic E-state index is 9.84. The maximum atomic E-state index is 9.84. The van der Waals surface area contributed by atoms with Crippen LogP contribution in [0.15, 0.2) is 47.8 Å². The van der Waals surface area contributed by atoms with Crippen molar-refractivity contribution in [3.63, 3.8) is 0 Å². The summed E-state index contributed by atoms with van der Waals surface area (Å²) < 4.78 is 5.58. The number of nitrogens with zero attached hydrogens (tertiary/aromatic N) is 5. The van der Waals surface area contributed by atoms with Crippen molar-refractivity contribution in [2.75, 3.05) is 25.9 Å². The summed E-state index contributed by atoms with van der Waals surface area (Å²) in [6, 6.07) is 13.3. The fourth-order valence-corrected chi connectivity index (χ4v) is 3.58. The lowest BCUT2D eigenvalue weighted by atomic mass is 10.0. The number of pyridine rings is 3. The van der Waals surface area contributed by atoms with Crippen LogP contribution in [0, 0.1) is 22.7 Å². The Balaban J connectivity index is 0.00000176. The molecule has 3 N–H and O–H groups in total. The molecule has 0 aliphatic rings. The molecule has 3 rings (SSSR count). The SMILES string of the molecule is CC.CNCCOc1ccc(-c2c(C#N)c(N)nc(SCc3ccccn3)c2C#N)nc1. The van der Waals surface area contributed by atoms with Crippen LogP contribution in [0.2, 0.25) is 0 Å². The van der Waals surface area contributed by atoms with Crippen LogP contribution < -0.4 is 15.8 Å². The summed E-state index contributed by atoms with van der Waals surface area (Å²) in [5, 5.41) is 22.9. The third-order valence-corrected chi connectivity index (χ3v) is 5.12. The highest BCUT2D eigenvalue weighted by Crippen LogP contribution is 2.36. The van der Waals surface area contributed by atoms with Gasteiger partial charge in [0.15, 0.2) is 0 Å². The predicted molar refractivity (Wildman–Crippen MR) is 126 cm³/mol. The number of aromatic nitrogens is 3. The van der Waals surface area contributed by atoms with E-state index < -0.39 is 0 Å². The van der Waals surface area contributed by atoms with Crippen molar-refractivity contribution in [1.29, 1.82) is 10.5 Å². The largest absolute Gasteiger partial charge is 0.491 e. The summed E-state index contributed by atoms with van der Waals surface area (Å²) in [6.45, 7) is 5.21. The number of nitrogen functional groups attached to an aromatic ring is 1. The first-order valence-corrected chi connectivity index (χ1v) is 11.1. The van der Waals surface area contributed by atoms with Crippen molar-refractivity contribution in [2.45, 2.75) is 24.6 Å². The van der Waals surface area contributed by atoms with Crippen LogP contribution in [0.4, 0.5) is 5.82 Å². The summed E-state index contributed by atoms with van der Waals surface area (Å²) in [7, 11) is 1.84. The fraction of sp³-hybridized carbons (Fsp3) is 0.261. The zero-order chi connectivity index (χ0) is 23.3. The number of likely N-dealkylation sites (N-methyl/N-ethyl adjacent to an activating group) is 1. The van der Waals surface area contributed by atoms with Crippen molar-refractivity contribution in [1.82, 2.24) is 20.3 Å². The average molecular weight is 448 g/mol. The predicted octanol–water partition coefficient (Wildman–Crippen LogP) is 3.78. The standard InChI is InChI=1S/C21H19N7OS.C2H6/c1-25-8-9-29-15-5-6-18(27-12-15)19-16(10-22)20(24)28-21(17(19)11-23)30-13-14-4-2-3-7-26-14;1-2/h2-7,12,25H,8-9,13H2,1H3,(H2,24,28);1-2H3. The molecular weight excluding hydrogens is 422 g/mol. The molecule has 8 nitrogen and oxygen atoms in total. The molecular formula is C23H25N7OS. The number of nitrogens with two attached hydrogens (primary N) is 1. The van der Waals surface area contributed by atoms with Crippen LogP contribution >= 0.6 is 11.8 Å². The van der Waals surface area contributed by atoms with Crippen molar-refractivity contribution in [2.24, 2.45) is 0 Å². The topological polar surface area (TPSA) is 134 Å². The minimum Gasteiger partial charge on any atom is -0.491 e. The van der Waals surface area contributed by atoms with Gasteiger partial charge in [-0.1, -0.05) is 31.7 Å². The van der Waals surface area contributed by atoms with E-state index in [1.165, 1.54) is 11.8 Å². The summed E-state index contributed by atoms with van der Waals surface area (Å²) in [4.78, 5) is 13.0. The first kappa shape index (κ1) is 24.6. The Morgan fingerprint density at radius 3 is 2.47 bits per heavy atom. The van der Waals surface area contributed by atoms with E-state index in [9.17, 15) is 10.5 Å². The van der Waals surface area contributed by atoms with Crippen molar-refractivity contribution in [3.05, 3.63) is 59.5 Å². The van der Waals surface area contributed by atoms with Crippen LogP contribution in [0.25, 0.3) is 11.3 Å². The molecule has 3 heterocycles. The Labute approximate surface area is 192 Å². The molecule has 0 amide bonds. The molecule has 0 spiro atoms. The normalized spacial score (nSPS) is 9.78. The first-order chi connectivity index (χ1) is 15.7. The molecule has 0 aliphatic heterocycles. The summed E-state index contributed by atoms with van der Waals surface area (Å²) in [6.07, 6.45) is 3.27. The van der Waals surface area contributed by atoms with Gasteiger partial charge in [0, 0.05) is 24.1 Å². The molecule has 0 fully saturated rings. The van der Waals surface area contributed by atoms with E-state index in [2.05, 4.69) is 32.4 Å². The van der Waals surface area contributed by atoms with E-state index in [1.54, 1.807) is 24.5 Å². The monoisotopic (exact) mass is 447 g/mol. The lowest BCUT2D eigenvalue weighted by Gasteiger charge is -2.13. The molecule has 9 heteroatoms. The van der Waals surface area contributed by atoms with Crippen molar-refractivity contribution >= 4 is 17.6 Å². The fourth-order valence-electron chi connectivity index (χ4n) is 2.67. The molecule has 3 aromatic rings. The zero-order valence-corrected chi connectivity index (χ0v) is 19.1. The van der Waals surface area contributed by atoms with Gasteiger partial charge in [0.05, 0.1) is 23.1 Å². The Bertz CT molecular complexity index is 1090. The van der Waals surface area contributed by atoms with Crippen LogP contribution in [-0.2, 0) is 5.75 Å². The molecule has 164 valence electrons. The number of nitrogens with one attached hydrogen (secondary N) is 1.